The quantitative estimate of drug-likeness (QED) is 0.608. The molecule has 2 unspecified atom stereocenters. The molecule has 0 radical (unpaired) electrons. The minimum atomic E-state index is 0.0694. The van der Waals surface area contributed by atoms with E-state index in [9.17, 15) is 0 Å². The molecule has 3 nitrogen and oxygen atoms in total. The zero-order valence-corrected chi connectivity index (χ0v) is 6.40. The van der Waals surface area contributed by atoms with Gasteiger partial charge in [-0.25, -0.2) is 0 Å². The van der Waals surface area contributed by atoms with Crippen molar-refractivity contribution in [2.24, 2.45) is 0 Å². The van der Waals surface area contributed by atoms with E-state index < -0.39 is 0 Å². The summed E-state index contributed by atoms with van der Waals surface area (Å²) in [6.07, 6.45) is 2.07. The molecular formula is C5H11NO2S. The van der Waals surface area contributed by atoms with Crippen molar-refractivity contribution in [2.75, 3.05) is 20.1 Å². The van der Waals surface area contributed by atoms with Gasteiger partial charge < -0.3 is 9.47 Å². The van der Waals surface area contributed by atoms with Crippen molar-refractivity contribution in [1.82, 2.24) is 5.32 Å². The zero-order valence-electron chi connectivity index (χ0n) is 5.59. The van der Waals surface area contributed by atoms with E-state index in [-0.39, 0.29) is 11.7 Å². The lowest BCUT2D eigenvalue weighted by Crippen LogP contribution is -2.32. The summed E-state index contributed by atoms with van der Waals surface area (Å²) in [6, 6.07) is 0. The van der Waals surface area contributed by atoms with Crippen molar-refractivity contribution >= 4 is 11.8 Å². The molecule has 0 aliphatic carbocycles. The summed E-state index contributed by atoms with van der Waals surface area (Å²) < 4.78 is 10.3. The Hall–Kier alpha value is 0.230. The van der Waals surface area contributed by atoms with E-state index in [1.807, 2.05) is 13.3 Å². The Bertz CT molecular complexity index is 81.0. The maximum Gasteiger partial charge on any atom is 0.150 e. The number of thioether (sulfide) groups is 1. The van der Waals surface area contributed by atoms with E-state index in [2.05, 4.69) is 5.32 Å². The summed E-state index contributed by atoms with van der Waals surface area (Å²) in [7, 11) is 1.86. The number of rotatable bonds is 2. The molecular weight excluding hydrogens is 138 g/mol. The first kappa shape index (κ1) is 7.34. The van der Waals surface area contributed by atoms with Gasteiger partial charge in [-0.3, -0.25) is 5.32 Å². The highest BCUT2D eigenvalue weighted by atomic mass is 32.2. The van der Waals surface area contributed by atoms with E-state index in [1.165, 1.54) is 0 Å². The maximum atomic E-state index is 5.18. The van der Waals surface area contributed by atoms with Crippen molar-refractivity contribution in [3.05, 3.63) is 0 Å². The molecule has 54 valence electrons. The van der Waals surface area contributed by atoms with Gasteiger partial charge >= 0.3 is 0 Å². The van der Waals surface area contributed by atoms with E-state index in [0.29, 0.717) is 6.79 Å². The second-order valence-corrected chi connectivity index (χ2v) is 2.70. The standard InChI is InChI=1S/C5H11NO2S/c1-6-4-5(9-2)8-3-7-4/h4-6H,3H2,1-2H3. The van der Waals surface area contributed by atoms with Gasteiger partial charge in [0.25, 0.3) is 0 Å². The number of hydrogen-bond donors (Lipinski definition) is 1. The van der Waals surface area contributed by atoms with Gasteiger partial charge in [-0.15, -0.1) is 11.8 Å². The summed E-state index contributed by atoms with van der Waals surface area (Å²) in [6.45, 7) is 0.414. The molecule has 0 saturated carbocycles. The summed E-state index contributed by atoms with van der Waals surface area (Å²) in [5.74, 6) is 0. The fourth-order valence-electron chi connectivity index (χ4n) is 0.757. The molecule has 0 aromatic heterocycles. The minimum Gasteiger partial charge on any atom is -0.337 e. The van der Waals surface area contributed by atoms with Crippen LogP contribution in [0.2, 0.25) is 0 Å². The third kappa shape index (κ3) is 1.58. The van der Waals surface area contributed by atoms with Gasteiger partial charge in [0, 0.05) is 0 Å². The van der Waals surface area contributed by atoms with Crippen molar-refractivity contribution in [1.29, 1.82) is 0 Å². The lowest BCUT2D eigenvalue weighted by Gasteiger charge is -2.12. The monoisotopic (exact) mass is 149 g/mol. The molecule has 1 rings (SSSR count). The lowest BCUT2D eigenvalue weighted by molar-refractivity contribution is 0.0388. The molecule has 0 amide bonds. The highest BCUT2D eigenvalue weighted by Crippen LogP contribution is 2.19. The van der Waals surface area contributed by atoms with Crippen LogP contribution in [0.5, 0.6) is 0 Å². The Morgan fingerprint density at radius 1 is 1.56 bits per heavy atom. The van der Waals surface area contributed by atoms with Crippen molar-refractivity contribution < 1.29 is 9.47 Å². The van der Waals surface area contributed by atoms with Crippen LogP contribution in [0.15, 0.2) is 0 Å². The van der Waals surface area contributed by atoms with Gasteiger partial charge in [-0.1, -0.05) is 0 Å². The molecule has 1 saturated heterocycles. The van der Waals surface area contributed by atoms with Gasteiger partial charge in [0.15, 0.2) is 6.79 Å². The Labute approximate surface area is 59.1 Å². The predicted molar refractivity (Wildman–Crippen MR) is 37.2 cm³/mol. The Morgan fingerprint density at radius 3 is 2.78 bits per heavy atom. The molecule has 9 heavy (non-hydrogen) atoms. The average molecular weight is 149 g/mol. The Balaban J connectivity index is 2.32. The SMILES string of the molecule is CNC1OCOC1SC. The third-order valence-corrected chi connectivity index (χ3v) is 2.09. The van der Waals surface area contributed by atoms with Crippen molar-refractivity contribution in [3.63, 3.8) is 0 Å². The predicted octanol–water partition coefficient (Wildman–Crippen LogP) is 0.225. The number of hydrogen-bond acceptors (Lipinski definition) is 4. The van der Waals surface area contributed by atoms with Gasteiger partial charge in [0.2, 0.25) is 0 Å². The topological polar surface area (TPSA) is 30.5 Å². The third-order valence-electron chi connectivity index (χ3n) is 1.24. The number of nitrogens with one attached hydrogen (secondary N) is 1. The normalized spacial score (nSPS) is 35.3. The van der Waals surface area contributed by atoms with Crippen LogP contribution in [0, 0.1) is 0 Å². The van der Waals surface area contributed by atoms with E-state index in [0.717, 1.165) is 0 Å². The van der Waals surface area contributed by atoms with Crippen LogP contribution in [0.1, 0.15) is 0 Å². The van der Waals surface area contributed by atoms with Crippen LogP contribution in [0.25, 0.3) is 0 Å². The van der Waals surface area contributed by atoms with Gasteiger partial charge in [-0.2, -0.15) is 0 Å². The fraction of sp³-hybridized carbons (Fsp3) is 1.00. The van der Waals surface area contributed by atoms with Gasteiger partial charge in [-0.05, 0) is 13.3 Å². The molecule has 1 aliphatic rings. The molecule has 0 spiro atoms. The second-order valence-electron chi connectivity index (χ2n) is 1.76. The van der Waals surface area contributed by atoms with Crippen molar-refractivity contribution in [3.8, 4) is 0 Å². The van der Waals surface area contributed by atoms with Crippen LogP contribution in [0.4, 0.5) is 0 Å². The molecule has 0 aromatic carbocycles. The zero-order chi connectivity index (χ0) is 6.69. The maximum absolute atomic E-state index is 5.18. The highest BCUT2D eigenvalue weighted by Gasteiger charge is 2.26. The van der Waals surface area contributed by atoms with Gasteiger partial charge in [0.05, 0.1) is 0 Å². The van der Waals surface area contributed by atoms with Gasteiger partial charge in [0.1, 0.15) is 11.7 Å². The van der Waals surface area contributed by atoms with Crippen LogP contribution in [-0.2, 0) is 9.47 Å². The fourth-order valence-corrected chi connectivity index (χ4v) is 1.41. The lowest BCUT2D eigenvalue weighted by atomic mass is 10.6. The minimum absolute atomic E-state index is 0.0694. The highest BCUT2D eigenvalue weighted by molar-refractivity contribution is 7.99. The first-order valence-electron chi connectivity index (χ1n) is 2.81. The second kappa shape index (κ2) is 3.41. The summed E-state index contributed by atoms with van der Waals surface area (Å²) >= 11 is 1.66. The van der Waals surface area contributed by atoms with Crippen LogP contribution in [-0.4, -0.2) is 31.8 Å². The molecule has 1 aliphatic heterocycles. The molecule has 0 bridgehead atoms. The number of ether oxygens (including phenoxy) is 2. The smallest absolute Gasteiger partial charge is 0.150 e. The van der Waals surface area contributed by atoms with E-state index in [4.69, 9.17) is 9.47 Å². The molecule has 0 aromatic rings. The molecule has 1 fully saturated rings. The van der Waals surface area contributed by atoms with E-state index in [1.54, 1.807) is 11.8 Å². The van der Waals surface area contributed by atoms with Crippen molar-refractivity contribution in [2.45, 2.75) is 11.7 Å². The molecule has 2 atom stereocenters. The summed E-state index contributed by atoms with van der Waals surface area (Å²) in [5.41, 5.74) is 0.162. The van der Waals surface area contributed by atoms with Crippen LogP contribution >= 0.6 is 11.8 Å². The molecule has 4 heteroatoms. The largest absolute Gasteiger partial charge is 0.337 e. The number of likely N-dealkylation sites (N-methyl/N-ethyl adjacent to an activating group) is 1. The van der Waals surface area contributed by atoms with Crippen LogP contribution < -0.4 is 5.32 Å². The average Bonchev–Trinajstić information content (AvgIpc) is 2.33. The molecule has 1 N–H and O–H groups in total. The summed E-state index contributed by atoms with van der Waals surface area (Å²) in [4.78, 5) is 0. The first-order chi connectivity index (χ1) is 4.38. The summed E-state index contributed by atoms with van der Waals surface area (Å²) in [5, 5.41) is 3.00. The first-order valence-corrected chi connectivity index (χ1v) is 4.10. The van der Waals surface area contributed by atoms with Crippen LogP contribution in [0.3, 0.4) is 0 Å². The molecule has 1 heterocycles. The Morgan fingerprint density at radius 2 is 2.33 bits per heavy atom. The Kier molecular flexibility index (Phi) is 2.78. The van der Waals surface area contributed by atoms with E-state index >= 15 is 0 Å².